The number of β-amino-alcohol motifs (C(OH)–C–C–N with tert-alkyl or cyclic N) is 1. The minimum absolute atomic E-state index is 0.00682. The van der Waals surface area contributed by atoms with Crippen LogP contribution in [0.25, 0.3) is 0 Å². The number of aromatic nitrogens is 1. The first-order valence-electron chi connectivity index (χ1n) is 4.76. The average Bonchev–Trinajstić information content (AvgIpc) is 2.61. The molecule has 0 saturated carbocycles. The molecule has 2 rings (SSSR count). The van der Waals surface area contributed by atoms with Gasteiger partial charge in [0.2, 0.25) is 0 Å². The predicted molar refractivity (Wildman–Crippen MR) is 49.5 cm³/mol. The van der Waals surface area contributed by atoms with Gasteiger partial charge in [-0.15, -0.1) is 0 Å². The fourth-order valence-corrected chi connectivity index (χ4v) is 1.77. The quantitative estimate of drug-likeness (QED) is 0.716. The molecular formula is C9H12N2O4. The van der Waals surface area contributed by atoms with Gasteiger partial charge in [0.1, 0.15) is 5.76 Å². The minimum atomic E-state index is -1.06. The van der Waals surface area contributed by atoms with E-state index in [0.717, 1.165) is 6.54 Å². The molecule has 1 aromatic heterocycles. The highest BCUT2D eigenvalue weighted by atomic mass is 16.5. The SMILES string of the molecule is O=C(O)c1noc2c1CN(CCO)CC2. The van der Waals surface area contributed by atoms with Crippen LogP contribution < -0.4 is 0 Å². The molecule has 0 atom stereocenters. The Labute approximate surface area is 86.1 Å². The molecule has 1 aliphatic rings. The van der Waals surface area contributed by atoms with Gasteiger partial charge in [0.15, 0.2) is 5.69 Å². The number of carboxylic acid groups (broad SMARTS) is 1. The standard InChI is InChI=1S/C9H12N2O4/c12-4-3-11-2-1-7-6(5-11)8(9(13)14)10-15-7/h12H,1-5H2,(H,13,14). The third-order valence-corrected chi connectivity index (χ3v) is 2.53. The van der Waals surface area contributed by atoms with Crippen LogP contribution in [0.3, 0.4) is 0 Å². The van der Waals surface area contributed by atoms with Gasteiger partial charge < -0.3 is 14.7 Å². The first kappa shape index (κ1) is 10.1. The maximum atomic E-state index is 10.8. The third-order valence-electron chi connectivity index (χ3n) is 2.53. The van der Waals surface area contributed by atoms with Crippen LogP contribution in [0.15, 0.2) is 4.52 Å². The van der Waals surface area contributed by atoms with Crippen molar-refractivity contribution in [2.24, 2.45) is 0 Å². The van der Waals surface area contributed by atoms with Gasteiger partial charge in [0.25, 0.3) is 0 Å². The zero-order valence-electron chi connectivity index (χ0n) is 8.14. The number of rotatable bonds is 3. The van der Waals surface area contributed by atoms with Gasteiger partial charge in [0.05, 0.1) is 6.61 Å². The Morgan fingerprint density at radius 2 is 2.40 bits per heavy atom. The van der Waals surface area contributed by atoms with Gasteiger partial charge in [-0.25, -0.2) is 4.79 Å². The lowest BCUT2D eigenvalue weighted by Crippen LogP contribution is -2.32. The molecule has 0 aliphatic carbocycles. The Morgan fingerprint density at radius 3 is 3.07 bits per heavy atom. The molecule has 0 spiro atoms. The van der Waals surface area contributed by atoms with Crippen LogP contribution in [0.4, 0.5) is 0 Å². The van der Waals surface area contributed by atoms with Crippen LogP contribution in [-0.4, -0.2) is 45.9 Å². The zero-order chi connectivity index (χ0) is 10.8. The van der Waals surface area contributed by atoms with Crippen LogP contribution in [0.2, 0.25) is 0 Å². The van der Waals surface area contributed by atoms with Crippen molar-refractivity contribution in [3.63, 3.8) is 0 Å². The molecule has 0 saturated heterocycles. The molecule has 0 unspecified atom stereocenters. The van der Waals surface area contributed by atoms with E-state index >= 15 is 0 Å². The number of aliphatic hydroxyl groups excluding tert-OH is 1. The van der Waals surface area contributed by atoms with Gasteiger partial charge in [0, 0.05) is 31.6 Å². The minimum Gasteiger partial charge on any atom is -0.476 e. The number of carbonyl (C=O) groups is 1. The molecule has 0 bridgehead atoms. The number of hydrogen-bond acceptors (Lipinski definition) is 5. The van der Waals surface area contributed by atoms with Crippen molar-refractivity contribution in [2.75, 3.05) is 19.7 Å². The average molecular weight is 212 g/mol. The summed E-state index contributed by atoms with van der Waals surface area (Å²) < 4.78 is 4.95. The lowest BCUT2D eigenvalue weighted by atomic mass is 10.1. The third kappa shape index (κ3) is 1.86. The topological polar surface area (TPSA) is 86.8 Å². The van der Waals surface area contributed by atoms with E-state index in [1.54, 1.807) is 0 Å². The summed E-state index contributed by atoms with van der Waals surface area (Å²) in [5.74, 6) is -0.410. The highest BCUT2D eigenvalue weighted by Gasteiger charge is 2.26. The number of nitrogens with zero attached hydrogens (tertiary/aromatic N) is 2. The summed E-state index contributed by atoms with van der Waals surface area (Å²) in [5.41, 5.74) is 0.634. The number of carboxylic acids is 1. The van der Waals surface area contributed by atoms with E-state index in [0.29, 0.717) is 30.8 Å². The normalized spacial score (nSPS) is 16.3. The smallest absolute Gasteiger partial charge is 0.358 e. The summed E-state index contributed by atoms with van der Waals surface area (Å²) >= 11 is 0. The van der Waals surface area contributed by atoms with E-state index in [9.17, 15) is 4.79 Å². The van der Waals surface area contributed by atoms with Crippen molar-refractivity contribution < 1.29 is 19.5 Å². The van der Waals surface area contributed by atoms with Gasteiger partial charge in [-0.2, -0.15) is 0 Å². The van der Waals surface area contributed by atoms with Crippen molar-refractivity contribution in [1.82, 2.24) is 10.1 Å². The van der Waals surface area contributed by atoms with Crippen molar-refractivity contribution in [2.45, 2.75) is 13.0 Å². The van der Waals surface area contributed by atoms with E-state index < -0.39 is 5.97 Å². The molecule has 1 aromatic rings. The summed E-state index contributed by atoms with van der Waals surface area (Å²) in [5, 5.41) is 21.2. The molecule has 82 valence electrons. The summed E-state index contributed by atoms with van der Waals surface area (Å²) in [6, 6.07) is 0. The van der Waals surface area contributed by atoms with E-state index in [1.165, 1.54) is 0 Å². The summed E-state index contributed by atoms with van der Waals surface area (Å²) in [6.07, 6.45) is 0.648. The maximum Gasteiger partial charge on any atom is 0.358 e. The Balaban J connectivity index is 2.22. The molecule has 2 heterocycles. The summed E-state index contributed by atoms with van der Waals surface area (Å²) in [7, 11) is 0. The van der Waals surface area contributed by atoms with Crippen LogP contribution >= 0.6 is 0 Å². The van der Waals surface area contributed by atoms with Crippen LogP contribution in [0.1, 0.15) is 21.8 Å². The molecule has 2 N–H and O–H groups in total. The van der Waals surface area contributed by atoms with Crippen molar-refractivity contribution in [3.05, 3.63) is 17.0 Å². The van der Waals surface area contributed by atoms with Gasteiger partial charge in [-0.05, 0) is 0 Å². The highest BCUT2D eigenvalue weighted by Crippen LogP contribution is 2.21. The number of aromatic carboxylic acids is 1. The summed E-state index contributed by atoms with van der Waals surface area (Å²) in [6.45, 7) is 1.87. The van der Waals surface area contributed by atoms with E-state index in [-0.39, 0.29) is 12.3 Å². The van der Waals surface area contributed by atoms with Crippen LogP contribution in [-0.2, 0) is 13.0 Å². The molecule has 0 fully saturated rings. The monoisotopic (exact) mass is 212 g/mol. The molecule has 0 amide bonds. The lowest BCUT2D eigenvalue weighted by molar-refractivity contribution is 0.0683. The largest absolute Gasteiger partial charge is 0.476 e. The van der Waals surface area contributed by atoms with E-state index in [4.69, 9.17) is 14.7 Å². The molecule has 6 heteroatoms. The predicted octanol–water partition coefficient (Wildman–Crippen LogP) is -0.277. The number of hydrogen-bond donors (Lipinski definition) is 2. The first-order chi connectivity index (χ1) is 7.22. The summed E-state index contributed by atoms with van der Waals surface area (Å²) in [4.78, 5) is 12.8. The molecular weight excluding hydrogens is 200 g/mol. The zero-order valence-corrected chi connectivity index (χ0v) is 8.14. The Kier molecular flexibility index (Phi) is 2.70. The number of fused-ring (bicyclic) bond motifs is 1. The Bertz CT molecular complexity index is 374. The number of aliphatic hydroxyl groups is 1. The maximum absolute atomic E-state index is 10.8. The van der Waals surface area contributed by atoms with Gasteiger partial charge >= 0.3 is 5.97 Å². The first-order valence-corrected chi connectivity index (χ1v) is 4.76. The van der Waals surface area contributed by atoms with Crippen LogP contribution in [0, 0.1) is 0 Å². The van der Waals surface area contributed by atoms with Gasteiger partial charge in [-0.1, -0.05) is 5.16 Å². The fourth-order valence-electron chi connectivity index (χ4n) is 1.77. The van der Waals surface area contributed by atoms with E-state index in [2.05, 4.69) is 5.16 Å². The Hall–Kier alpha value is -1.40. The lowest BCUT2D eigenvalue weighted by Gasteiger charge is -2.24. The van der Waals surface area contributed by atoms with Crippen molar-refractivity contribution in [3.8, 4) is 0 Å². The second kappa shape index (κ2) is 4.00. The second-order valence-corrected chi connectivity index (χ2v) is 3.49. The molecule has 15 heavy (non-hydrogen) atoms. The Morgan fingerprint density at radius 1 is 1.60 bits per heavy atom. The van der Waals surface area contributed by atoms with E-state index in [1.807, 2.05) is 4.90 Å². The molecule has 0 aromatic carbocycles. The second-order valence-electron chi connectivity index (χ2n) is 3.49. The van der Waals surface area contributed by atoms with Gasteiger partial charge in [-0.3, -0.25) is 4.90 Å². The highest BCUT2D eigenvalue weighted by molar-refractivity contribution is 5.87. The van der Waals surface area contributed by atoms with Crippen molar-refractivity contribution in [1.29, 1.82) is 0 Å². The van der Waals surface area contributed by atoms with Crippen LogP contribution in [0.5, 0.6) is 0 Å². The van der Waals surface area contributed by atoms with Crippen molar-refractivity contribution >= 4 is 5.97 Å². The fraction of sp³-hybridized carbons (Fsp3) is 0.556. The molecule has 1 aliphatic heterocycles. The molecule has 6 nitrogen and oxygen atoms in total. The molecule has 0 radical (unpaired) electrons.